The maximum Gasteiger partial charge on any atom is 0.159 e. The van der Waals surface area contributed by atoms with E-state index in [1.54, 1.807) is 18.2 Å². The van der Waals surface area contributed by atoms with Crippen molar-refractivity contribution in [1.29, 1.82) is 0 Å². The fourth-order valence-corrected chi connectivity index (χ4v) is 2.56. The summed E-state index contributed by atoms with van der Waals surface area (Å²) in [6.45, 7) is 4.12. The predicted molar refractivity (Wildman–Crippen MR) is 105 cm³/mol. The molecule has 0 aliphatic heterocycles. The lowest BCUT2D eigenvalue weighted by Crippen LogP contribution is -2.05. The minimum absolute atomic E-state index is 0.409. The van der Waals surface area contributed by atoms with Gasteiger partial charge in [-0.2, -0.15) is 0 Å². The van der Waals surface area contributed by atoms with Gasteiger partial charge in [0.2, 0.25) is 0 Å². The van der Waals surface area contributed by atoms with Crippen LogP contribution in [-0.4, -0.2) is 9.97 Å². The SMILES string of the molecule is Cc1ccc(Nc2ncnc(Nc3ccc(Cl)c(Cl)c3)c2N)cc1C. The minimum Gasteiger partial charge on any atom is -0.393 e. The van der Waals surface area contributed by atoms with Crippen molar-refractivity contribution < 1.29 is 0 Å². The summed E-state index contributed by atoms with van der Waals surface area (Å²) >= 11 is 12.0. The van der Waals surface area contributed by atoms with Crippen molar-refractivity contribution in [2.45, 2.75) is 13.8 Å². The van der Waals surface area contributed by atoms with Crippen LogP contribution in [0.15, 0.2) is 42.7 Å². The van der Waals surface area contributed by atoms with E-state index in [-0.39, 0.29) is 0 Å². The summed E-state index contributed by atoms with van der Waals surface area (Å²) in [7, 11) is 0. The van der Waals surface area contributed by atoms with Gasteiger partial charge in [0, 0.05) is 11.4 Å². The Hall–Kier alpha value is -2.50. The first kappa shape index (κ1) is 17.3. The van der Waals surface area contributed by atoms with Gasteiger partial charge in [-0.3, -0.25) is 0 Å². The zero-order valence-corrected chi connectivity index (χ0v) is 15.3. The molecule has 4 N–H and O–H groups in total. The van der Waals surface area contributed by atoms with Gasteiger partial charge in [0.15, 0.2) is 11.6 Å². The lowest BCUT2D eigenvalue weighted by molar-refractivity contribution is 1.17. The molecule has 0 fully saturated rings. The highest BCUT2D eigenvalue weighted by molar-refractivity contribution is 6.42. The molecule has 25 heavy (non-hydrogen) atoms. The van der Waals surface area contributed by atoms with E-state index in [0.29, 0.717) is 27.4 Å². The van der Waals surface area contributed by atoms with Crippen LogP contribution in [-0.2, 0) is 0 Å². The lowest BCUT2D eigenvalue weighted by atomic mass is 10.1. The Bertz CT molecular complexity index is 856. The molecule has 0 saturated heterocycles. The van der Waals surface area contributed by atoms with Crippen LogP contribution in [0.3, 0.4) is 0 Å². The third-order valence-corrected chi connectivity index (χ3v) is 4.57. The van der Waals surface area contributed by atoms with Gasteiger partial charge < -0.3 is 16.4 Å². The Morgan fingerprint density at radius 2 is 1.40 bits per heavy atom. The van der Waals surface area contributed by atoms with E-state index in [4.69, 9.17) is 28.9 Å². The van der Waals surface area contributed by atoms with E-state index in [2.05, 4.69) is 34.4 Å². The van der Waals surface area contributed by atoms with Crippen molar-refractivity contribution >= 4 is 51.9 Å². The molecule has 1 aromatic heterocycles. The van der Waals surface area contributed by atoms with Crippen molar-refractivity contribution in [1.82, 2.24) is 9.97 Å². The smallest absolute Gasteiger partial charge is 0.159 e. The van der Waals surface area contributed by atoms with Crippen LogP contribution in [0.25, 0.3) is 0 Å². The Morgan fingerprint density at radius 1 is 0.800 bits per heavy atom. The summed E-state index contributed by atoms with van der Waals surface area (Å²) in [6.07, 6.45) is 1.44. The monoisotopic (exact) mass is 373 g/mol. The molecule has 0 aliphatic carbocycles. The molecule has 128 valence electrons. The maximum absolute atomic E-state index is 6.21. The third kappa shape index (κ3) is 3.95. The molecular formula is C18H17Cl2N5. The van der Waals surface area contributed by atoms with Gasteiger partial charge in [0.1, 0.15) is 12.0 Å². The average Bonchev–Trinajstić information content (AvgIpc) is 2.58. The molecule has 5 nitrogen and oxygen atoms in total. The molecular weight excluding hydrogens is 357 g/mol. The number of hydrogen-bond donors (Lipinski definition) is 3. The average molecular weight is 374 g/mol. The molecule has 1 heterocycles. The number of hydrogen-bond acceptors (Lipinski definition) is 5. The van der Waals surface area contributed by atoms with Crippen molar-refractivity contribution in [2.24, 2.45) is 0 Å². The molecule has 0 radical (unpaired) electrons. The minimum atomic E-state index is 0.409. The highest BCUT2D eigenvalue weighted by atomic mass is 35.5. The first-order valence-electron chi connectivity index (χ1n) is 7.61. The number of halogens is 2. The highest BCUT2D eigenvalue weighted by Crippen LogP contribution is 2.31. The topological polar surface area (TPSA) is 75.9 Å². The lowest BCUT2D eigenvalue weighted by Gasteiger charge is -2.13. The molecule has 0 atom stereocenters. The first-order valence-corrected chi connectivity index (χ1v) is 8.36. The van der Waals surface area contributed by atoms with Gasteiger partial charge in [0.25, 0.3) is 0 Å². The van der Waals surface area contributed by atoms with E-state index in [1.165, 1.54) is 17.5 Å². The zero-order chi connectivity index (χ0) is 18.0. The Kier molecular flexibility index (Phi) is 4.97. The second kappa shape index (κ2) is 7.17. The van der Waals surface area contributed by atoms with Gasteiger partial charge in [-0.15, -0.1) is 0 Å². The molecule has 7 heteroatoms. The second-order valence-electron chi connectivity index (χ2n) is 5.66. The summed E-state index contributed by atoms with van der Waals surface area (Å²) in [4.78, 5) is 8.42. The van der Waals surface area contributed by atoms with Crippen molar-refractivity contribution in [3.8, 4) is 0 Å². The summed E-state index contributed by atoms with van der Waals surface area (Å²) in [5.41, 5.74) is 10.7. The standard InChI is InChI=1S/C18H17Cl2N5/c1-10-3-4-12(7-11(10)2)24-17-16(21)18(23-9-22-17)25-13-5-6-14(19)15(20)8-13/h3-9H,21H2,1-2H3,(H2,22,23,24,25). The fourth-order valence-electron chi connectivity index (χ4n) is 2.26. The fraction of sp³-hybridized carbons (Fsp3) is 0.111. The molecule has 0 amide bonds. The van der Waals surface area contributed by atoms with E-state index < -0.39 is 0 Å². The first-order chi connectivity index (χ1) is 11.9. The van der Waals surface area contributed by atoms with E-state index in [1.807, 2.05) is 18.2 Å². The zero-order valence-electron chi connectivity index (χ0n) is 13.8. The van der Waals surface area contributed by atoms with Crippen molar-refractivity contribution in [3.05, 3.63) is 63.9 Å². The number of benzene rings is 2. The maximum atomic E-state index is 6.21. The van der Waals surface area contributed by atoms with Crippen LogP contribution < -0.4 is 16.4 Å². The highest BCUT2D eigenvalue weighted by Gasteiger charge is 2.10. The van der Waals surface area contributed by atoms with Crippen molar-refractivity contribution in [2.75, 3.05) is 16.4 Å². The summed E-state index contributed by atoms with van der Waals surface area (Å²) in [5, 5.41) is 7.29. The number of aryl methyl sites for hydroxylation is 2. The van der Waals surface area contributed by atoms with Gasteiger partial charge in [-0.25, -0.2) is 9.97 Å². The Balaban J connectivity index is 1.86. The van der Waals surface area contributed by atoms with Gasteiger partial charge >= 0.3 is 0 Å². The van der Waals surface area contributed by atoms with Crippen LogP contribution in [0.2, 0.25) is 10.0 Å². The number of nitrogen functional groups attached to an aromatic ring is 1. The summed E-state index contributed by atoms with van der Waals surface area (Å²) in [6, 6.07) is 11.3. The molecule has 3 aromatic rings. The van der Waals surface area contributed by atoms with Gasteiger partial charge in [-0.1, -0.05) is 29.3 Å². The number of aromatic nitrogens is 2. The second-order valence-corrected chi connectivity index (χ2v) is 6.48. The van der Waals surface area contributed by atoms with Gasteiger partial charge in [0.05, 0.1) is 10.0 Å². The third-order valence-electron chi connectivity index (χ3n) is 3.84. The van der Waals surface area contributed by atoms with Crippen LogP contribution >= 0.6 is 23.2 Å². The van der Waals surface area contributed by atoms with E-state index in [0.717, 1.165) is 11.4 Å². The number of nitrogens with zero attached hydrogens (tertiary/aromatic N) is 2. The van der Waals surface area contributed by atoms with Crippen LogP contribution in [0.1, 0.15) is 11.1 Å². The largest absolute Gasteiger partial charge is 0.393 e. The van der Waals surface area contributed by atoms with Crippen LogP contribution in [0, 0.1) is 13.8 Å². The Morgan fingerprint density at radius 3 is 2.00 bits per heavy atom. The molecule has 3 rings (SSSR count). The van der Waals surface area contributed by atoms with E-state index in [9.17, 15) is 0 Å². The quantitative estimate of drug-likeness (QED) is 0.565. The predicted octanol–water partition coefficient (Wildman–Crippen LogP) is 5.47. The molecule has 0 bridgehead atoms. The van der Waals surface area contributed by atoms with Gasteiger partial charge in [-0.05, 0) is 55.3 Å². The number of nitrogens with one attached hydrogen (secondary N) is 2. The van der Waals surface area contributed by atoms with Crippen LogP contribution in [0.4, 0.5) is 28.7 Å². The van der Waals surface area contributed by atoms with Crippen LogP contribution in [0.5, 0.6) is 0 Å². The molecule has 0 saturated carbocycles. The molecule has 0 aliphatic rings. The summed E-state index contributed by atoms with van der Waals surface area (Å²) < 4.78 is 0. The molecule has 0 unspecified atom stereocenters. The summed E-state index contributed by atoms with van der Waals surface area (Å²) in [5.74, 6) is 1.01. The number of rotatable bonds is 4. The molecule has 2 aromatic carbocycles. The number of nitrogens with two attached hydrogens (primary N) is 1. The van der Waals surface area contributed by atoms with E-state index >= 15 is 0 Å². The Labute approximate surface area is 156 Å². The molecule has 0 spiro atoms. The van der Waals surface area contributed by atoms with Crippen molar-refractivity contribution in [3.63, 3.8) is 0 Å². The normalized spacial score (nSPS) is 10.6. The number of anilines is 5.